The number of carbonyl (C=O) groups excluding carboxylic acids is 1. The molecule has 1 amide bonds. The van der Waals surface area contributed by atoms with Gasteiger partial charge in [0.25, 0.3) is 0 Å². The Morgan fingerprint density at radius 2 is 1.69 bits per heavy atom. The van der Waals surface area contributed by atoms with Crippen LogP contribution in [0.2, 0.25) is 0 Å². The molecule has 0 saturated carbocycles. The van der Waals surface area contributed by atoms with Crippen LogP contribution in [0.25, 0.3) is 10.8 Å². The summed E-state index contributed by atoms with van der Waals surface area (Å²) in [7, 11) is 0. The molecule has 26 heavy (non-hydrogen) atoms. The lowest BCUT2D eigenvalue weighted by atomic mass is 9.95. The SMILES string of the molecule is CC(=O)N1N=C(c2ccc(F)c3ccccc23)CC1c1ccc(F)cc1. The van der Waals surface area contributed by atoms with Crippen LogP contribution in [0.15, 0.2) is 65.8 Å². The molecule has 1 unspecified atom stereocenters. The maximum atomic E-state index is 14.1. The number of hydrogen-bond acceptors (Lipinski definition) is 2. The number of fused-ring (bicyclic) bond motifs is 1. The molecular weight excluding hydrogens is 334 g/mol. The molecule has 0 saturated heterocycles. The molecule has 3 aromatic rings. The third-order valence-corrected chi connectivity index (χ3v) is 4.67. The zero-order chi connectivity index (χ0) is 18.3. The van der Waals surface area contributed by atoms with Crippen LogP contribution in [-0.2, 0) is 4.79 Å². The van der Waals surface area contributed by atoms with Crippen LogP contribution < -0.4 is 0 Å². The second kappa shape index (κ2) is 6.33. The van der Waals surface area contributed by atoms with E-state index in [0.29, 0.717) is 17.5 Å². The van der Waals surface area contributed by atoms with Crippen molar-refractivity contribution in [3.63, 3.8) is 0 Å². The number of halogens is 2. The molecule has 0 aromatic heterocycles. The van der Waals surface area contributed by atoms with E-state index in [9.17, 15) is 13.6 Å². The zero-order valence-corrected chi connectivity index (χ0v) is 14.1. The van der Waals surface area contributed by atoms with E-state index in [4.69, 9.17) is 0 Å². The van der Waals surface area contributed by atoms with Crippen molar-refractivity contribution in [3.8, 4) is 0 Å². The minimum absolute atomic E-state index is 0.194. The van der Waals surface area contributed by atoms with Crippen molar-refractivity contribution in [2.24, 2.45) is 5.10 Å². The molecule has 0 aliphatic carbocycles. The first-order valence-electron chi connectivity index (χ1n) is 8.35. The summed E-state index contributed by atoms with van der Waals surface area (Å²) in [6.45, 7) is 1.45. The molecule has 1 atom stereocenters. The largest absolute Gasteiger partial charge is 0.273 e. The van der Waals surface area contributed by atoms with Gasteiger partial charge in [-0.2, -0.15) is 5.10 Å². The van der Waals surface area contributed by atoms with Gasteiger partial charge in [-0.05, 0) is 35.2 Å². The quantitative estimate of drug-likeness (QED) is 0.652. The first kappa shape index (κ1) is 16.4. The topological polar surface area (TPSA) is 32.7 Å². The van der Waals surface area contributed by atoms with Gasteiger partial charge in [-0.25, -0.2) is 13.8 Å². The van der Waals surface area contributed by atoms with Crippen molar-refractivity contribution in [1.82, 2.24) is 5.01 Å². The van der Waals surface area contributed by atoms with Crippen LogP contribution in [-0.4, -0.2) is 16.6 Å². The Kier molecular flexibility index (Phi) is 3.99. The van der Waals surface area contributed by atoms with Crippen LogP contribution in [0.3, 0.4) is 0 Å². The summed E-state index contributed by atoms with van der Waals surface area (Å²) in [5, 5.41) is 7.20. The highest BCUT2D eigenvalue weighted by Crippen LogP contribution is 2.35. The van der Waals surface area contributed by atoms with Gasteiger partial charge < -0.3 is 0 Å². The number of benzene rings is 3. The van der Waals surface area contributed by atoms with Gasteiger partial charge in [0.1, 0.15) is 11.6 Å². The number of hydrogen-bond donors (Lipinski definition) is 0. The van der Waals surface area contributed by atoms with Crippen molar-refractivity contribution in [2.75, 3.05) is 0 Å². The van der Waals surface area contributed by atoms with E-state index < -0.39 is 0 Å². The van der Waals surface area contributed by atoms with Gasteiger partial charge in [0.15, 0.2) is 0 Å². The van der Waals surface area contributed by atoms with Gasteiger partial charge in [-0.3, -0.25) is 4.79 Å². The van der Waals surface area contributed by atoms with Crippen molar-refractivity contribution in [3.05, 3.63) is 83.4 Å². The number of amides is 1. The molecule has 5 heteroatoms. The highest BCUT2D eigenvalue weighted by molar-refractivity contribution is 6.12. The molecule has 130 valence electrons. The second-order valence-electron chi connectivity index (χ2n) is 6.32. The fraction of sp³-hybridized carbons (Fsp3) is 0.143. The van der Waals surface area contributed by atoms with E-state index in [1.54, 1.807) is 30.3 Å². The Balaban J connectivity index is 1.79. The lowest BCUT2D eigenvalue weighted by Gasteiger charge is -2.20. The van der Waals surface area contributed by atoms with E-state index >= 15 is 0 Å². The predicted molar refractivity (Wildman–Crippen MR) is 96.7 cm³/mol. The minimum atomic E-state index is -0.327. The number of nitrogens with zero attached hydrogens (tertiary/aromatic N) is 2. The summed E-state index contributed by atoms with van der Waals surface area (Å²) in [5.41, 5.74) is 2.33. The fourth-order valence-corrected chi connectivity index (χ4v) is 3.42. The van der Waals surface area contributed by atoms with Gasteiger partial charge in [0.2, 0.25) is 5.91 Å². The number of carbonyl (C=O) groups is 1. The Labute approximate surface area is 149 Å². The zero-order valence-electron chi connectivity index (χ0n) is 14.1. The summed E-state index contributed by atoms with van der Waals surface area (Å²) in [6, 6.07) is 16.1. The molecule has 0 fully saturated rings. The van der Waals surface area contributed by atoms with E-state index in [2.05, 4.69) is 5.10 Å². The Hall–Kier alpha value is -3.08. The molecule has 1 aliphatic heterocycles. The van der Waals surface area contributed by atoms with E-state index in [1.165, 1.54) is 30.1 Å². The molecule has 0 N–H and O–H groups in total. The molecule has 1 heterocycles. The van der Waals surface area contributed by atoms with Gasteiger partial charge >= 0.3 is 0 Å². The summed E-state index contributed by atoms with van der Waals surface area (Å²) in [5.74, 6) is -0.811. The van der Waals surface area contributed by atoms with E-state index in [-0.39, 0.29) is 23.6 Å². The lowest BCUT2D eigenvalue weighted by Crippen LogP contribution is -2.24. The molecule has 1 aliphatic rings. The molecular formula is C21H16F2N2O. The Morgan fingerprint density at radius 3 is 2.38 bits per heavy atom. The average molecular weight is 350 g/mol. The van der Waals surface area contributed by atoms with Crippen molar-refractivity contribution in [2.45, 2.75) is 19.4 Å². The third kappa shape index (κ3) is 2.75. The van der Waals surface area contributed by atoms with Crippen LogP contribution in [0, 0.1) is 11.6 Å². The first-order chi connectivity index (χ1) is 12.5. The number of hydrazone groups is 1. The highest BCUT2D eigenvalue weighted by Gasteiger charge is 2.32. The fourth-order valence-electron chi connectivity index (χ4n) is 3.42. The van der Waals surface area contributed by atoms with Gasteiger partial charge in [0, 0.05) is 24.3 Å². The lowest BCUT2D eigenvalue weighted by molar-refractivity contribution is -0.130. The average Bonchev–Trinajstić information content (AvgIpc) is 3.08. The maximum absolute atomic E-state index is 14.1. The van der Waals surface area contributed by atoms with Crippen molar-refractivity contribution in [1.29, 1.82) is 0 Å². The summed E-state index contributed by atoms with van der Waals surface area (Å²) >= 11 is 0. The van der Waals surface area contributed by atoms with Gasteiger partial charge in [-0.1, -0.05) is 36.4 Å². The van der Waals surface area contributed by atoms with Crippen molar-refractivity contribution >= 4 is 22.4 Å². The smallest absolute Gasteiger partial charge is 0.240 e. The molecule has 0 spiro atoms. The monoisotopic (exact) mass is 350 g/mol. The minimum Gasteiger partial charge on any atom is -0.273 e. The normalized spacial score (nSPS) is 16.8. The number of rotatable bonds is 2. The molecule has 3 aromatic carbocycles. The van der Waals surface area contributed by atoms with Crippen molar-refractivity contribution < 1.29 is 13.6 Å². The predicted octanol–water partition coefficient (Wildman–Crippen LogP) is 4.82. The van der Waals surface area contributed by atoms with Gasteiger partial charge in [0.05, 0.1) is 11.8 Å². The second-order valence-corrected chi connectivity index (χ2v) is 6.32. The molecule has 0 bridgehead atoms. The summed E-state index contributed by atoms with van der Waals surface area (Å²) in [6.07, 6.45) is 0.487. The Morgan fingerprint density at radius 1 is 1.00 bits per heavy atom. The highest BCUT2D eigenvalue weighted by atomic mass is 19.1. The first-order valence-corrected chi connectivity index (χ1v) is 8.35. The maximum Gasteiger partial charge on any atom is 0.240 e. The van der Waals surface area contributed by atoms with Crippen LogP contribution in [0.1, 0.15) is 30.5 Å². The van der Waals surface area contributed by atoms with E-state index in [0.717, 1.165) is 16.5 Å². The van der Waals surface area contributed by atoms with Crippen LogP contribution in [0.5, 0.6) is 0 Å². The molecule has 0 radical (unpaired) electrons. The standard InChI is InChI=1S/C21H16F2N2O/c1-13(26)25-21(14-6-8-15(22)9-7-14)12-20(24-25)18-10-11-19(23)17-5-3-2-4-16(17)18/h2-11,21H,12H2,1H3. The summed E-state index contributed by atoms with van der Waals surface area (Å²) in [4.78, 5) is 12.1. The third-order valence-electron chi connectivity index (χ3n) is 4.67. The Bertz CT molecular complexity index is 1030. The van der Waals surface area contributed by atoms with E-state index in [1.807, 2.05) is 12.1 Å². The van der Waals surface area contributed by atoms with Crippen LogP contribution in [0.4, 0.5) is 8.78 Å². The van der Waals surface area contributed by atoms with Gasteiger partial charge in [-0.15, -0.1) is 0 Å². The summed E-state index contributed by atoms with van der Waals surface area (Å²) < 4.78 is 27.3. The molecule has 3 nitrogen and oxygen atoms in total. The van der Waals surface area contributed by atoms with Crippen LogP contribution >= 0.6 is 0 Å². The molecule has 4 rings (SSSR count).